The van der Waals surface area contributed by atoms with Gasteiger partial charge in [-0.3, -0.25) is 0 Å². The molecule has 2 atom stereocenters. The van der Waals surface area contributed by atoms with E-state index in [0.29, 0.717) is 12.8 Å². The van der Waals surface area contributed by atoms with Gasteiger partial charge in [0.05, 0.1) is 16.2 Å². The predicted octanol–water partition coefficient (Wildman–Crippen LogP) is 3.33. The average Bonchev–Trinajstić information content (AvgIpc) is 2.62. The van der Waals surface area contributed by atoms with Crippen LogP contribution in [-0.4, -0.2) is 29.4 Å². The molecule has 0 fully saturated rings. The van der Waals surface area contributed by atoms with Crippen molar-refractivity contribution in [1.82, 2.24) is 0 Å². The van der Waals surface area contributed by atoms with Gasteiger partial charge in [-0.05, 0) is 25.7 Å². The average molecular weight is 445 g/mol. The van der Waals surface area contributed by atoms with Crippen molar-refractivity contribution in [2.24, 2.45) is 0 Å². The Hall–Kier alpha value is 1.51. The molecule has 0 saturated carbocycles. The van der Waals surface area contributed by atoms with Crippen LogP contribution in [0.4, 0.5) is 0 Å². The normalized spacial score (nSPS) is 13.9. The minimum absolute atomic E-state index is 0. The summed E-state index contributed by atoms with van der Waals surface area (Å²) in [5.41, 5.74) is 0. The van der Waals surface area contributed by atoms with Crippen LogP contribution < -0.4 is 51.4 Å². The van der Waals surface area contributed by atoms with Gasteiger partial charge in [0.15, 0.2) is 0 Å². The van der Waals surface area contributed by atoms with Crippen molar-refractivity contribution >= 4 is 10.1 Å². The standard InChI is InChI=1S/C22H46O4S.K/c1-3-5-6-7-8-9-10-13-16-19-22(27(24,25)26)20-17-14-11-12-15-18-21(23)4-2;/h21-23H,3-20H2,1-2H3,(H,24,25,26);/q;+1/p-1. The third-order valence-corrected chi connectivity index (χ3v) is 6.86. The summed E-state index contributed by atoms with van der Waals surface area (Å²) in [6.07, 6.45) is 18.3. The molecule has 0 rings (SSSR count). The van der Waals surface area contributed by atoms with Crippen molar-refractivity contribution in [3.8, 4) is 0 Å². The Balaban J connectivity index is 0. The van der Waals surface area contributed by atoms with E-state index in [1.54, 1.807) is 0 Å². The first-order valence-corrected chi connectivity index (χ1v) is 13.0. The topological polar surface area (TPSA) is 77.4 Å². The molecule has 0 saturated heterocycles. The second-order valence-corrected chi connectivity index (χ2v) is 9.79. The smallest absolute Gasteiger partial charge is 0.748 e. The number of aliphatic hydroxyl groups excluding tert-OH is 1. The fraction of sp³-hybridized carbons (Fsp3) is 1.00. The van der Waals surface area contributed by atoms with Crippen LogP contribution in [0.1, 0.15) is 129 Å². The maximum atomic E-state index is 11.5. The Kier molecular flexibility index (Phi) is 24.6. The molecule has 0 aliphatic carbocycles. The van der Waals surface area contributed by atoms with E-state index in [4.69, 9.17) is 0 Å². The fourth-order valence-electron chi connectivity index (χ4n) is 3.60. The Labute approximate surface area is 218 Å². The van der Waals surface area contributed by atoms with Crippen LogP contribution in [0.15, 0.2) is 0 Å². The number of rotatable bonds is 20. The van der Waals surface area contributed by atoms with Gasteiger partial charge in [-0.1, -0.05) is 104 Å². The first-order valence-electron chi connectivity index (χ1n) is 11.5. The van der Waals surface area contributed by atoms with Gasteiger partial charge in [-0.15, -0.1) is 0 Å². The Morgan fingerprint density at radius 1 is 0.679 bits per heavy atom. The van der Waals surface area contributed by atoms with Crippen LogP contribution in [0.2, 0.25) is 0 Å². The van der Waals surface area contributed by atoms with Gasteiger partial charge >= 0.3 is 51.4 Å². The van der Waals surface area contributed by atoms with E-state index in [2.05, 4.69) is 6.92 Å². The molecule has 0 aromatic heterocycles. The molecular formula is C22H45KO4S. The molecule has 6 heteroatoms. The second-order valence-electron chi connectivity index (χ2n) is 8.14. The van der Waals surface area contributed by atoms with Crippen molar-refractivity contribution < 1.29 is 69.5 Å². The fourth-order valence-corrected chi connectivity index (χ4v) is 4.51. The number of aliphatic hydroxyl groups is 1. The summed E-state index contributed by atoms with van der Waals surface area (Å²) in [5.74, 6) is 0. The first-order chi connectivity index (χ1) is 12.9. The zero-order chi connectivity index (χ0) is 20.4. The summed E-state index contributed by atoms with van der Waals surface area (Å²) < 4.78 is 34.5. The van der Waals surface area contributed by atoms with Crippen molar-refractivity contribution in [2.75, 3.05) is 0 Å². The molecule has 0 spiro atoms. The summed E-state index contributed by atoms with van der Waals surface area (Å²) in [6.45, 7) is 4.21. The Bertz CT molecular complexity index is 415. The van der Waals surface area contributed by atoms with Gasteiger partial charge in [0.2, 0.25) is 0 Å². The zero-order valence-corrected chi connectivity index (χ0v) is 22.9. The largest absolute Gasteiger partial charge is 1.00 e. The van der Waals surface area contributed by atoms with Crippen molar-refractivity contribution in [3.05, 3.63) is 0 Å². The van der Waals surface area contributed by atoms with Gasteiger partial charge in [0.1, 0.15) is 0 Å². The van der Waals surface area contributed by atoms with Gasteiger partial charge in [0.25, 0.3) is 0 Å². The molecule has 1 N–H and O–H groups in total. The van der Waals surface area contributed by atoms with E-state index in [1.807, 2.05) is 6.92 Å². The Morgan fingerprint density at radius 3 is 1.39 bits per heavy atom. The van der Waals surface area contributed by atoms with Crippen LogP contribution in [0, 0.1) is 0 Å². The SMILES string of the molecule is CCCCCCCCCCCC(CCCCCCCC(O)CC)S(=O)(=O)[O-].[K+]. The van der Waals surface area contributed by atoms with E-state index < -0.39 is 15.4 Å². The van der Waals surface area contributed by atoms with Crippen molar-refractivity contribution in [3.63, 3.8) is 0 Å². The summed E-state index contributed by atoms with van der Waals surface area (Å²) in [6, 6.07) is 0. The zero-order valence-electron chi connectivity index (χ0n) is 19.0. The van der Waals surface area contributed by atoms with Gasteiger partial charge in [0, 0.05) is 5.25 Å². The van der Waals surface area contributed by atoms with Crippen LogP contribution in [0.3, 0.4) is 0 Å². The molecular weight excluding hydrogens is 399 g/mol. The summed E-state index contributed by atoms with van der Waals surface area (Å²) in [4.78, 5) is 0. The molecule has 0 aromatic carbocycles. The monoisotopic (exact) mass is 444 g/mol. The molecule has 4 nitrogen and oxygen atoms in total. The molecule has 0 radical (unpaired) electrons. The van der Waals surface area contributed by atoms with E-state index in [0.717, 1.165) is 64.2 Å². The molecule has 28 heavy (non-hydrogen) atoms. The van der Waals surface area contributed by atoms with E-state index >= 15 is 0 Å². The molecule has 0 bridgehead atoms. The van der Waals surface area contributed by atoms with Crippen molar-refractivity contribution in [1.29, 1.82) is 0 Å². The second kappa shape index (κ2) is 21.7. The summed E-state index contributed by atoms with van der Waals surface area (Å²) in [7, 11) is -4.17. The van der Waals surface area contributed by atoms with Crippen LogP contribution in [-0.2, 0) is 10.1 Å². The van der Waals surface area contributed by atoms with Crippen LogP contribution >= 0.6 is 0 Å². The molecule has 0 amide bonds. The maximum Gasteiger partial charge on any atom is 1.00 e. The molecule has 0 aromatic rings. The van der Waals surface area contributed by atoms with Gasteiger partial charge in [-0.2, -0.15) is 0 Å². The molecule has 164 valence electrons. The number of hydrogen-bond acceptors (Lipinski definition) is 4. The van der Waals surface area contributed by atoms with E-state index in [1.165, 1.54) is 38.5 Å². The molecule has 2 unspecified atom stereocenters. The van der Waals surface area contributed by atoms with E-state index in [-0.39, 0.29) is 57.5 Å². The van der Waals surface area contributed by atoms with Gasteiger partial charge < -0.3 is 9.66 Å². The summed E-state index contributed by atoms with van der Waals surface area (Å²) >= 11 is 0. The number of hydrogen-bond donors (Lipinski definition) is 1. The third kappa shape index (κ3) is 20.8. The van der Waals surface area contributed by atoms with Crippen LogP contribution in [0.5, 0.6) is 0 Å². The molecule has 0 aliphatic rings. The minimum Gasteiger partial charge on any atom is -0.748 e. The maximum absolute atomic E-state index is 11.5. The number of unbranched alkanes of at least 4 members (excludes halogenated alkanes) is 12. The molecule has 0 heterocycles. The quantitative estimate of drug-likeness (QED) is 0.177. The Morgan fingerprint density at radius 2 is 1.04 bits per heavy atom. The third-order valence-electron chi connectivity index (χ3n) is 5.57. The first kappa shape index (κ1) is 31.7. The van der Waals surface area contributed by atoms with Crippen molar-refractivity contribution in [2.45, 2.75) is 141 Å². The molecule has 0 aliphatic heterocycles. The minimum atomic E-state index is -4.17. The van der Waals surface area contributed by atoms with Crippen LogP contribution in [0.25, 0.3) is 0 Å². The van der Waals surface area contributed by atoms with E-state index in [9.17, 15) is 18.1 Å². The van der Waals surface area contributed by atoms with Gasteiger partial charge in [-0.25, -0.2) is 8.42 Å². The summed E-state index contributed by atoms with van der Waals surface area (Å²) in [5, 5.41) is 8.82. The predicted molar refractivity (Wildman–Crippen MR) is 114 cm³/mol.